The quantitative estimate of drug-likeness (QED) is 0.374. The average Bonchev–Trinajstić information content (AvgIpc) is 2.84. The SMILES string of the molecule is CCNC(=O)[C@H](Cc1ccccc1)N(Cc1ccc(C)cc1)C(=O)CSCc1ccccc1Cl. The Morgan fingerprint density at radius 3 is 2.29 bits per heavy atom. The van der Waals surface area contributed by atoms with Gasteiger partial charge in [-0.3, -0.25) is 9.59 Å². The molecule has 0 saturated heterocycles. The minimum atomic E-state index is -0.600. The molecule has 0 fully saturated rings. The maximum atomic E-state index is 13.5. The molecular formula is C28H31ClN2O2S. The third kappa shape index (κ3) is 7.64. The van der Waals surface area contributed by atoms with E-state index in [1.165, 1.54) is 11.8 Å². The lowest BCUT2D eigenvalue weighted by molar-refractivity contribution is -0.139. The highest BCUT2D eigenvalue weighted by molar-refractivity contribution is 7.99. The molecule has 0 bridgehead atoms. The number of hydrogen-bond acceptors (Lipinski definition) is 3. The molecule has 3 aromatic carbocycles. The molecule has 0 radical (unpaired) electrons. The Kier molecular flexibility index (Phi) is 10.0. The van der Waals surface area contributed by atoms with Crippen LogP contribution in [0, 0.1) is 6.92 Å². The molecule has 3 aromatic rings. The number of hydrogen-bond donors (Lipinski definition) is 1. The minimum absolute atomic E-state index is 0.0650. The Hall–Kier alpha value is -2.76. The topological polar surface area (TPSA) is 49.4 Å². The number of thioether (sulfide) groups is 1. The maximum absolute atomic E-state index is 13.5. The monoisotopic (exact) mass is 494 g/mol. The summed E-state index contributed by atoms with van der Waals surface area (Å²) < 4.78 is 0. The van der Waals surface area contributed by atoms with Crippen molar-refractivity contribution < 1.29 is 9.59 Å². The van der Waals surface area contributed by atoms with Crippen molar-refractivity contribution >= 4 is 35.2 Å². The van der Waals surface area contributed by atoms with Crippen LogP contribution in [0.5, 0.6) is 0 Å². The molecule has 1 N–H and O–H groups in total. The zero-order valence-corrected chi connectivity index (χ0v) is 21.2. The van der Waals surface area contributed by atoms with Gasteiger partial charge in [0, 0.05) is 30.3 Å². The van der Waals surface area contributed by atoms with Crippen molar-refractivity contribution in [3.05, 3.63) is 106 Å². The first-order chi connectivity index (χ1) is 16.5. The van der Waals surface area contributed by atoms with Crippen LogP contribution < -0.4 is 5.32 Å². The van der Waals surface area contributed by atoms with Crippen molar-refractivity contribution in [2.45, 2.75) is 38.6 Å². The molecule has 1 atom stereocenters. The van der Waals surface area contributed by atoms with Gasteiger partial charge in [0.25, 0.3) is 0 Å². The minimum Gasteiger partial charge on any atom is -0.355 e. The van der Waals surface area contributed by atoms with E-state index in [1.807, 2.05) is 92.7 Å². The second-order valence-electron chi connectivity index (χ2n) is 8.19. The number of nitrogens with zero attached hydrogens (tertiary/aromatic N) is 1. The molecule has 0 saturated carbocycles. The van der Waals surface area contributed by atoms with Crippen LogP contribution in [0.1, 0.15) is 29.2 Å². The van der Waals surface area contributed by atoms with Gasteiger partial charge in [0.15, 0.2) is 0 Å². The predicted octanol–water partition coefficient (Wildman–Crippen LogP) is 5.66. The van der Waals surface area contributed by atoms with Crippen LogP contribution >= 0.6 is 23.4 Å². The normalized spacial score (nSPS) is 11.6. The van der Waals surface area contributed by atoms with Gasteiger partial charge in [-0.25, -0.2) is 0 Å². The first-order valence-electron chi connectivity index (χ1n) is 11.5. The summed E-state index contributed by atoms with van der Waals surface area (Å²) >= 11 is 7.79. The van der Waals surface area contributed by atoms with Gasteiger partial charge in [-0.05, 0) is 36.6 Å². The molecule has 0 aliphatic carbocycles. The van der Waals surface area contributed by atoms with Crippen LogP contribution in [-0.4, -0.2) is 35.1 Å². The smallest absolute Gasteiger partial charge is 0.243 e. The second-order valence-corrected chi connectivity index (χ2v) is 9.58. The van der Waals surface area contributed by atoms with E-state index in [9.17, 15) is 9.59 Å². The lowest BCUT2D eigenvalue weighted by Gasteiger charge is -2.31. The summed E-state index contributed by atoms with van der Waals surface area (Å²) in [6.45, 7) is 4.81. The summed E-state index contributed by atoms with van der Waals surface area (Å²) in [6, 6.07) is 25.0. The van der Waals surface area contributed by atoms with E-state index < -0.39 is 6.04 Å². The summed E-state index contributed by atoms with van der Waals surface area (Å²) in [7, 11) is 0. The molecule has 0 heterocycles. The van der Waals surface area contributed by atoms with E-state index in [4.69, 9.17) is 11.6 Å². The molecule has 0 aliphatic heterocycles. The first kappa shape index (κ1) is 25.9. The van der Waals surface area contributed by atoms with E-state index in [-0.39, 0.29) is 17.6 Å². The van der Waals surface area contributed by atoms with Gasteiger partial charge >= 0.3 is 0 Å². The highest BCUT2D eigenvalue weighted by atomic mass is 35.5. The number of halogens is 1. The Balaban J connectivity index is 1.82. The number of benzene rings is 3. The highest BCUT2D eigenvalue weighted by Crippen LogP contribution is 2.22. The van der Waals surface area contributed by atoms with E-state index in [0.29, 0.717) is 30.3 Å². The number of rotatable bonds is 11. The van der Waals surface area contributed by atoms with Crippen LogP contribution in [0.4, 0.5) is 0 Å². The van der Waals surface area contributed by atoms with Crippen LogP contribution in [0.15, 0.2) is 78.9 Å². The Labute approximate surface area is 211 Å². The molecular weight excluding hydrogens is 464 g/mol. The standard InChI is InChI=1S/C28H31ClN2O2S/c1-3-30-28(33)26(17-22-9-5-4-6-10-22)31(18-23-15-13-21(2)14-16-23)27(32)20-34-19-24-11-7-8-12-25(24)29/h4-16,26H,3,17-20H2,1-2H3,(H,30,33)/t26-/m0/s1. The number of likely N-dealkylation sites (N-methyl/N-ethyl adjacent to an activating group) is 1. The molecule has 0 spiro atoms. The summed E-state index contributed by atoms with van der Waals surface area (Å²) in [5.74, 6) is 0.698. The first-order valence-corrected chi connectivity index (χ1v) is 13.0. The summed E-state index contributed by atoms with van der Waals surface area (Å²) in [5, 5.41) is 3.63. The van der Waals surface area contributed by atoms with E-state index in [2.05, 4.69) is 5.32 Å². The van der Waals surface area contributed by atoms with Gasteiger partial charge in [0.05, 0.1) is 5.75 Å². The molecule has 2 amide bonds. The molecule has 0 unspecified atom stereocenters. The van der Waals surface area contributed by atoms with Gasteiger partial charge in [-0.1, -0.05) is 90.0 Å². The Morgan fingerprint density at radius 2 is 1.62 bits per heavy atom. The van der Waals surface area contributed by atoms with Crippen molar-refractivity contribution in [2.24, 2.45) is 0 Å². The number of nitrogens with one attached hydrogen (secondary N) is 1. The van der Waals surface area contributed by atoms with Crippen LogP contribution in [0.2, 0.25) is 5.02 Å². The van der Waals surface area contributed by atoms with Crippen molar-refractivity contribution in [2.75, 3.05) is 12.3 Å². The molecule has 34 heavy (non-hydrogen) atoms. The number of amides is 2. The summed E-state index contributed by atoms with van der Waals surface area (Å²) in [6.07, 6.45) is 0.458. The van der Waals surface area contributed by atoms with Crippen LogP contribution in [0.3, 0.4) is 0 Å². The van der Waals surface area contributed by atoms with Crippen LogP contribution in [0.25, 0.3) is 0 Å². The largest absolute Gasteiger partial charge is 0.355 e. The second kappa shape index (κ2) is 13.2. The maximum Gasteiger partial charge on any atom is 0.243 e. The van der Waals surface area contributed by atoms with Gasteiger partial charge in [-0.2, -0.15) is 0 Å². The lowest BCUT2D eigenvalue weighted by Crippen LogP contribution is -2.51. The molecule has 0 aliphatic rings. The van der Waals surface area contributed by atoms with Crippen molar-refractivity contribution in [3.63, 3.8) is 0 Å². The summed E-state index contributed by atoms with van der Waals surface area (Å²) in [4.78, 5) is 28.4. The zero-order chi connectivity index (χ0) is 24.3. The van der Waals surface area contributed by atoms with Gasteiger partial charge in [0.1, 0.15) is 6.04 Å². The Bertz CT molecular complexity index is 1070. The predicted molar refractivity (Wildman–Crippen MR) is 142 cm³/mol. The van der Waals surface area contributed by atoms with Gasteiger partial charge < -0.3 is 10.2 Å². The Morgan fingerprint density at radius 1 is 0.941 bits per heavy atom. The van der Waals surface area contributed by atoms with Gasteiger partial charge in [-0.15, -0.1) is 11.8 Å². The van der Waals surface area contributed by atoms with Gasteiger partial charge in [0.2, 0.25) is 11.8 Å². The summed E-state index contributed by atoms with van der Waals surface area (Å²) in [5.41, 5.74) is 4.17. The number of carbonyl (C=O) groups excluding carboxylic acids is 2. The fraction of sp³-hybridized carbons (Fsp3) is 0.286. The molecule has 178 valence electrons. The zero-order valence-electron chi connectivity index (χ0n) is 19.7. The van der Waals surface area contributed by atoms with E-state index in [1.54, 1.807) is 4.90 Å². The molecule has 6 heteroatoms. The molecule has 4 nitrogen and oxygen atoms in total. The molecule has 0 aromatic heterocycles. The van der Waals surface area contributed by atoms with E-state index >= 15 is 0 Å². The fourth-order valence-corrected chi connectivity index (χ4v) is 4.88. The van der Waals surface area contributed by atoms with Crippen molar-refractivity contribution in [1.82, 2.24) is 10.2 Å². The lowest BCUT2D eigenvalue weighted by atomic mass is 10.0. The molecule has 3 rings (SSSR count). The van der Waals surface area contributed by atoms with E-state index in [0.717, 1.165) is 22.3 Å². The third-order valence-corrected chi connectivity index (χ3v) is 6.87. The number of carbonyl (C=O) groups is 2. The highest BCUT2D eigenvalue weighted by Gasteiger charge is 2.30. The van der Waals surface area contributed by atoms with Crippen molar-refractivity contribution in [3.8, 4) is 0 Å². The third-order valence-electron chi connectivity index (χ3n) is 5.54. The average molecular weight is 495 g/mol. The van der Waals surface area contributed by atoms with Crippen LogP contribution in [-0.2, 0) is 28.3 Å². The fourth-order valence-electron chi connectivity index (χ4n) is 3.68. The number of aryl methyl sites for hydroxylation is 1. The van der Waals surface area contributed by atoms with Crippen molar-refractivity contribution in [1.29, 1.82) is 0 Å².